The molecule has 1 aliphatic heterocycles. The van der Waals surface area contributed by atoms with Crippen LogP contribution in [0.3, 0.4) is 0 Å². The van der Waals surface area contributed by atoms with Gasteiger partial charge in [0.1, 0.15) is 18.1 Å². The van der Waals surface area contributed by atoms with E-state index in [1.165, 1.54) is 0 Å². The lowest BCUT2D eigenvalue weighted by Crippen LogP contribution is -2.48. The van der Waals surface area contributed by atoms with Crippen LogP contribution in [0.4, 0.5) is 0 Å². The molecule has 1 amide bonds. The number of aromatic nitrogens is 3. The van der Waals surface area contributed by atoms with E-state index in [2.05, 4.69) is 39.6 Å². The number of amides is 1. The third-order valence-electron chi connectivity index (χ3n) is 4.85. The lowest BCUT2D eigenvalue weighted by Gasteiger charge is -2.25. The van der Waals surface area contributed by atoms with Crippen LogP contribution in [-0.2, 0) is 24.2 Å². The van der Waals surface area contributed by atoms with E-state index in [-0.39, 0.29) is 42.5 Å². The Balaban J connectivity index is 0.00000320. The zero-order valence-corrected chi connectivity index (χ0v) is 20.4. The maximum atomic E-state index is 12.0. The van der Waals surface area contributed by atoms with Crippen LogP contribution < -0.4 is 10.6 Å². The molecule has 0 radical (unpaired) electrons. The van der Waals surface area contributed by atoms with Crippen LogP contribution in [0.2, 0.25) is 0 Å². The number of carbonyl (C=O) groups excluding carboxylic acids is 1. The van der Waals surface area contributed by atoms with E-state index in [1.54, 1.807) is 25.3 Å². The highest BCUT2D eigenvalue weighted by molar-refractivity contribution is 14.0. The summed E-state index contributed by atoms with van der Waals surface area (Å²) in [5.41, 5.74) is 0. The minimum absolute atomic E-state index is 0. The van der Waals surface area contributed by atoms with E-state index in [0.717, 1.165) is 43.2 Å². The van der Waals surface area contributed by atoms with E-state index in [0.29, 0.717) is 18.4 Å². The van der Waals surface area contributed by atoms with E-state index < -0.39 is 0 Å². The predicted octanol–water partition coefficient (Wildman–Crippen LogP) is 1.79. The van der Waals surface area contributed by atoms with Crippen molar-refractivity contribution in [2.45, 2.75) is 51.6 Å². The van der Waals surface area contributed by atoms with Crippen molar-refractivity contribution < 1.29 is 9.21 Å². The average molecular weight is 529 g/mol. The minimum Gasteiger partial charge on any atom is -0.469 e. The molecule has 9 nitrogen and oxygen atoms in total. The minimum atomic E-state index is -0.0408. The number of likely N-dealkylation sites (N-methyl/N-ethyl adjacent to an activating group) is 1. The quantitative estimate of drug-likeness (QED) is 0.323. The fourth-order valence-corrected chi connectivity index (χ4v) is 3.08. The van der Waals surface area contributed by atoms with Gasteiger partial charge >= 0.3 is 0 Å². The Kier molecular flexibility index (Phi) is 9.12. The molecule has 1 unspecified atom stereocenters. The highest BCUT2D eigenvalue weighted by Crippen LogP contribution is 2.17. The first-order valence-electron chi connectivity index (χ1n) is 10.1. The van der Waals surface area contributed by atoms with Gasteiger partial charge in [-0.05, 0) is 18.6 Å². The molecule has 1 aliphatic rings. The summed E-state index contributed by atoms with van der Waals surface area (Å²) in [5.74, 6) is 3.75. The summed E-state index contributed by atoms with van der Waals surface area (Å²) in [6.07, 6.45) is 4.22. The van der Waals surface area contributed by atoms with Crippen LogP contribution in [0.5, 0.6) is 0 Å². The molecule has 2 N–H and O–H groups in total. The standard InChI is InChI=1S/C20H31N7O2.HI/c1-14(2)19-24-17-8-7-15(13-27(17)25-19)23-20(22-12-18(28)26(3)4)21-10-9-16-6-5-11-29-16;/h5-6,11,14-15H,7-10,12-13H2,1-4H3,(H2,21,22,23);1H. The number of halogens is 1. The first-order valence-corrected chi connectivity index (χ1v) is 10.1. The van der Waals surface area contributed by atoms with Gasteiger partial charge in [0.05, 0.1) is 12.8 Å². The van der Waals surface area contributed by atoms with Crippen molar-refractivity contribution in [3.8, 4) is 0 Å². The number of carbonyl (C=O) groups is 1. The van der Waals surface area contributed by atoms with Crippen molar-refractivity contribution in [1.29, 1.82) is 0 Å². The first-order chi connectivity index (χ1) is 13.9. The second-order valence-electron chi connectivity index (χ2n) is 7.81. The summed E-state index contributed by atoms with van der Waals surface area (Å²) < 4.78 is 7.36. The highest BCUT2D eigenvalue weighted by Gasteiger charge is 2.23. The smallest absolute Gasteiger partial charge is 0.243 e. The number of nitrogens with one attached hydrogen (secondary N) is 2. The van der Waals surface area contributed by atoms with Gasteiger partial charge < -0.3 is 20.0 Å². The van der Waals surface area contributed by atoms with Crippen LogP contribution in [0.15, 0.2) is 27.8 Å². The van der Waals surface area contributed by atoms with E-state index in [9.17, 15) is 4.79 Å². The van der Waals surface area contributed by atoms with Gasteiger partial charge in [0.15, 0.2) is 11.8 Å². The molecule has 0 aliphatic carbocycles. The maximum absolute atomic E-state index is 12.0. The third kappa shape index (κ3) is 6.71. The largest absolute Gasteiger partial charge is 0.469 e. The second-order valence-corrected chi connectivity index (χ2v) is 7.81. The molecule has 0 bridgehead atoms. The van der Waals surface area contributed by atoms with Gasteiger partial charge in [0.2, 0.25) is 5.91 Å². The fourth-order valence-electron chi connectivity index (χ4n) is 3.08. The van der Waals surface area contributed by atoms with Crippen molar-refractivity contribution in [1.82, 2.24) is 30.3 Å². The molecule has 0 saturated heterocycles. The number of aliphatic imine (C=N–C) groups is 1. The summed E-state index contributed by atoms with van der Waals surface area (Å²) in [4.78, 5) is 22.6. The zero-order valence-electron chi connectivity index (χ0n) is 18.1. The predicted molar refractivity (Wildman–Crippen MR) is 126 cm³/mol. The van der Waals surface area contributed by atoms with Crippen LogP contribution in [0, 0.1) is 0 Å². The first kappa shape index (κ1) is 24.2. The summed E-state index contributed by atoms with van der Waals surface area (Å²) in [7, 11) is 3.46. The molecule has 30 heavy (non-hydrogen) atoms. The topological polar surface area (TPSA) is 101 Å². The molecular formula is C20H32IN7O2. The van der Waals surface area contributed by atoms with Gasteiger partial charge in [-0.3, -0.25) is 4.79 Å². The molecule has 1 atom stereocenters. The molecule has 0 fully saturated rings. The van der Waals surface area contributed by atoms with Crippen LogP contribution in [-0.4, -0.2) is 64.8 Å². The maximum Gasteiger partial charge on any atom is 0.243 e. The Morgan fingerprint density at radius 2 is 2.23 bits per heavy atom. The van der Waals surface area contributed by atoms with Gasteiger partial charge in [0.25, 0.3) is 0 Å². The van der Waals surface area contributed by atoms with Crippen LogP contribution in [0.1, 0.15) is 43.6 Å². The van der Waals surface area contributed by atoms with Gasteiger partial charge in [-0.2, -0.15) is 5.10 Å². The molecule has 2 aromatic heterocycles. The van der Waals surface area contributed by atoms with E-state index in [1.807, 2.05) is 16.8 Å². The number of nitrogens with zero attached hydrogens (tertiary/aromatic N) is 5. The number of hydrogen-bond donors (Lipinski definition) is 2. The van der Waals surface area contributed by atoms with Gasteiger partial charge in [-0.1, -0.05) is 13.8 Å². The number of fused-ring (bicyclic) bond motifs is 1. The van der Waals surface area contributed by atoms with Crippen molar-refractivity contribution in [2.75, 3.05) is 27.2 Å². The van der Waals surface area contributed by atoms with Gasteiger partial charge in [-0.15, -0.1) is 24.0 Å². The molecule has 0 spiro atoms. The lowest BCUT2D eigenvalue weighted by molar-refractivity contribution is -0.127. The lowest BCUT2D eigenvalue weighted by atomic mass is 10.1. The van der Waals surface area contributed by atoms with Crippen LogP contribution >= 0.6 is 24.0 Å². The number of rotatable bonds is 7. The van der Waals surface area contributed by atoms with E-state index in [4.69, 9.17) is 4.42 Å². The van der Waals surface area contributed by atoms with Crippen molar-refractivity contribution in [2.24, 2.45) is 4.99 Å². The van der Waals surface area contributed by atoms with E-state index >= 15 is 0 Å². The summed E-state index contributed by atoms with van der Waals surface area (Å²) in [6, 6.07) is 4.00. The number of guanidine groups is 1. The Bertz CT molecular complexity index is 830. The Morgan fingerprint density at radius 1 is 1.43 bits per heavy atom. The van der Waals surface area contributed by atoms with Crippen LogP contribution in [0.25, 0.3) is 0 Å². The Labute approximate surface area is 194 Å². The Hall–Kier alpha value is -2.11. The SMILES string of the molecule is CC(C)c1nc2n(n1)CC(NC(=NCC(=O)N(C)C)NCCc1ccco1)CC2.I. The molecule has 2 aromatic rings. The summed E-state index contributed by atoms with van der Waals surface area (Å²) in [6.45, 7) is 5.70. The van der Waals surface area contributed by atoms with Crippen molar-refractivity contribution in [3.05, 3.63) is 35.8 Å². The molecule has 166 valence electrons. The summed E-state index contributed by atoms with van der Waals surface area (Å²) in [5, 5.41) is 11.4. The highest BCUT2D eigenvalue weighted by atomic mass is 127. The molecule has 3 heterocycles. The normalized spacial score (nSPS) is 16.0. The van der Waals surface area contributed by atoms with Crippen molar-refractivity contribution in [3.63, 3.8) is 0 Å². The molecule has 10 heteroatoms. The fraction of sp³-hybridized carbons (Fsp3) is 0.600. The molecule has 0 aromatic carbocycles. The third-order valence-corrected chi connectivity index (χ3v) is 4.85. The molecule has 0 saturated carbocycles. The number of furan rings is 1. The number of aryl methyl sites for hydroxylation is 1. The second kappa shape index (κ2) is 11.3. The van der Waals surface area contributed by atoms with Gasteiger partial charge in [0, 0.05) is 45.4 Å². The number of hydrogen-bond acceptors (Lipinski definition) is 5. The van der Waals surface area contributed by atoms with Gasteiger partial charge in [-0.25, -0.2) is 14.7 Å². The average Bonchev–Trinajstić information content (AvgIpc) is 3.34. The monoisotopic (exact) mass is 529 g/mol. The zero-order chi connectivity index (χ0) is 20.8. The molecule has 3 rings (SSSR count). The van der Waals surface area contributed by atoms with Crippen molar-refractivity contribution >= 4 is 35.8 Å². The Morgan fingerprint density at radius 3 is 2.90 bits per heavy atom. The summed E-state index contributed by atoms with van der Waals surface area (Å²) >= 11 is 0. The molecular weight excluding hydrogens is 497 g/mol.